The van der Waals surface area contributed by atoms with Crippen LogP contribution in [0.5, 0.6) is 5.75 Å². The monoisotopic (exact) mass is 553 g/mol. The Bertz CT molecular complexity index is 1440. The van der Waals surface area contributed by atoms with Crippen molar-refractivity contribution >= 4 is 63.8 Å². The molecular formula is C27H21ClFN3O5S. The number of amides is 4. The zero-order valence-electron chi connectivity index (χ0n) is 20.0. The Hall–Kier alpha value is -4.15. The van der Waals surface area contributed by atoms with Crippen LogP contribution in [0.1, 0.15) is 11.1 Å². The summed E-state index contributed by atoms with van der Waals surface area (Å²) in [5.41, 5.74) is 2.44. The molecule has 11 heteroatoms. The van der Waals surface area contributed by atoms with Crippen LogP contribution < -0.4 is 15.4 Å². The highest BCUT2D eigenvalue weighted by molar-refractivity contribution is 8.18. The molecule has 1 aliphatic rings. The number of rotatable bonds is 8. The largest absolute Gasteiger partial charge is 0.482 e. The molecule has 0 spiro atoms. The SMILES string of the molecule is Cc1ccc(NC(=O)COc2ccc(/C=C3/SC(=O)N(CC(=O)Nc4cccc(F)c4)C3=O)cc2Cl)cc1. The first kappa shape index (κ1) is 26.9. The summed E-state index contributed by atoms with van der Waals surface area (Å²) in [6.07, 6.45) is 1.47. The van der Waals surface area contributed by atoms with Gasteiger partial charge in [0.2, 0.25) is 5.91 Å². The molecule has 3 aromatic rings. The van der Waals surface area contributed by atoms with Crippen molar-refractivity contribution in [3.05, 3.63) is 93.6 Å². The van der Waals surface area contributed by atoms with Crippen molar-refractivity contribution in [2.75, 3.05) is 23.8 Å². The molecular weight excluding hydrogens is 533 g/mol. The van der Waals surface area contributed by atoms with Gasteiger partial charge < -0.3 is 15.4 Å². The molecule has 0 aromatic heterocycles. The van der Waals surface area contributed by atoms with E-state index in [2.05, 4.69) is 10.6 Å². The molecule has 8 nitrogen and oxygen atoms in total. The third-order valence-electron chi connectivity index (χ3n) is 5.23. The molecule has 194 valence electrons. The number of hydrogen-bond donors (Lipinski definition) is 2. The van der Waals surface area contributed by atoms with E-state index in [0.717, 1.165) is 16.5 Å². The smallest absolute Gasteiger partial charge is 0.294 e. The summed E-state index contributed by atoms with van der Waals surface area (Å²) in [5.74, 6) is -1.90. The van der Waals surface area contributed by atoms with Crippen LogP contribution in [0.2, 0.25) is 5.02 Å². The molecule has 4 rings (SSSR count). The fraction of sp³-hybridized carbons (Fsp3) is 0.111. The van der Waals surface area contributed by atoms with Crippen molar-refractivity contribution in [3.8, 4) is 5.75 Å². The summed E-state index contributed by atoms with van der Waals surface area (Å²) in [5, 5.41) is 4.77. The average Bonchev–Trinajstić information content (AvgIpc) is 3.12. The second-order valence-electron chi connectivity index (χ2n) is 8.22. The van der Waals surface area contributed by atoms with Gasteiger partial charge in [-0.1, -0.05) is 41.4 Å². The number of aryl methyl sites for hydroxylation is 1. The summed E-state index contributed by atoms with van der Waals surface area (Å²) < 4.78 is 18.8. The molecule has 1 heterocycles. The summed E-state index contributed by atoms with van der Waals surface area (Å²) in [6.45, 7) is 1.17. The molecule has 0 atom stereocenters. The topological polar surface area (TPSA) is 105 Å². The number of ether oxygens (including phenoxy) is 1. The van der Waals surface area contributed by atoms with E-state index < -0.39 is 29.4 Å². The van der Waals surface area contributed by atoms with Crippen LogP contribution in [-0.2, 0) is 14.4 Å². The van der Waals surface area contributed by atoms with E-state index in [4.69, 9.17) is 16.3 Å². The maximum Gasteiger partial charge on any atom is 0.294 e. The van der Waals surface area contributed by atoms with Crippen LogP contribution in [0.3, 0.4) is 0 Å². The molecule has 0 bridgehead atoms. The quantitative estimate of drug-likeness (QED) is 0.358. The number of thioether (sulfide) groups is 1. The second-order valence-corrected chi connectivity index (χ2v) is 9.62. The highest BCUT2D eigenvalue weighted by Crippen LogP contribution is 2.33. The van der Waals surface area contributed by atoms with Crippen LogP contribution >= 0.6 is 23.4 Å². The van der Waals surface area contributed by atoms with Crippen molar-refractivity contribution in [3.63, 3.8) is 0 Å². The predicted octanol–water partition coefficient (Wildman–Crippen LogP) is 5.48. The van der Waals surface area contributed by atoms with Gasteiger partial charge in [-0.25, -0.2) is 4.39 Å². The predicted molar refractivity (Wildman–Crippen MR) is 144 cm³/mol. The summed E-state index contributed by atoms with van der Waals surface area (Å²) in [4.78, 5) is 50.4. The molecule has 0 saturated carbocycles. The van der Waals surface area contributed by atoms with Crippen LogP contribution in [0, 0.1) is 12.7 Å². The normalized spacial score (nSPS) is 14.1. The standard InChI is InChI=1S/C27H21ClFN3O5S/c1-16-5-8-19(9-6-16)30-25(34)15-37-22-10-7-17(11-21(22)28)12-23-26(35)32(27(36)38-23)14-24(33)31-20-4-2-3-18(29)13-20/h2-13H,14-15H2,1H3,(H,30,34)(H,31,33)/b23-12+. The van der Waals surface area contributed by atoms with E-state index in [1.54, 1.807) is 24.3 Å². The van der Waals surface area contributed by atoms with Gasteiger partial charge in [-0.15, -0.1) is 0 Å². The van der Waals surface area contributed by atoms with Gasteiger partial charge in [0.15, 0.2) is 6.61 Å². The zero-order valence-corrected chi connectivity index (χ0v) is 21.6. The third kappa shape index (κ3) is 6.99. The third-order valence-corrected chi connectivity index (χ3v) is 6.43. The maximum atomic E-state index is 13.3. The molecule has 0 aliphatic carbocycles. The van der Waals surface area contributed by atoms with Gasteiger partial charge in [-0.05, 0) is 72.8 Å². The number of imide groups is 1. The molecule has 0 unspecified atom stereocenters. The average molecular weight is 554 g/mol. The van der Waals surface area contributed by atoms with E-state index in [1.165, 1.54) is 30.3 Å². The first-order valence-electron chi connectivity index (χ1n) is 11.3. The number of nitrogens with zero attached hydrogens (tertiary/aromatic N) is 1. The Balaban J connectivity index is 1.34. The molecule has 1 fully saturated rings. The number of anilines is 2. The Morgan fingerprint density at radius 3 is 2.45 bits per heavy atom. The molecule has 2 N–H and O–H groups in total. The highest BCUT2D eigenvalue weighted by Gasteiger charge is 2.36. The van der Waals surface area contributed by atoms with E-state index in [-0.39, 0.29) is 33.9 Å². The Kier molecular flexibility index (Phi) is 8.45. The number of carbonyl (C=O) groups excluding carboxylic acids is 4. The molecule has 0 radical (unpaired) electrons. The van der Waals surface area contributed by atoms with Gasteiger partial charge in [0, 0.05) is 11.4 Å². The molecule has 1 saturated heterocycles. The maximum absolute atomic E-state index is 13.3. The van der Waals surface area contributed by atoms with E-state index in [9.17, 15) is 23.6 Å². The Labute approximate surface area is 226 Å². The number of nitrogens with one attached hydrogen (secondary N) is 2. The first-order valence-corrected chi connectivity index (χ1v) is 12.5. The lowest BCUT2D eigenvalue weighted by Gasteiger charge is -2.12. The minimum Gasteiger partial charge on any atom is -0.482 e. The second kappa shape index (κ2) is 11.9. The molecule has 38 heavy (non-hydrogen) atoms. The van der Waals surface area contributed by atoms with Gasteiger partial charge in [-0.2, -0.15) is 0 Å². The lowest BCUT2D eigenvalue weighted by Crippen LogP contribution is -2.36. The summed E-state index contributed by atoms with van der Waals surface area (Å²) >= 11 is 6.98. The molecule has 4 amide bonds. The lowest BCUT2D eigenvalue weighted by molar-refractivity contribution is -0.127. The Morgan fingerprint density at radius 2 is 1.74 bits per heavy atom. The van der Waals surface area contributed by atoms with E-state index in [1.807, 2.05) is 19.1 Å². The number of benzene rings is 3. The van der Waals surface area contributed by atoms with Crippen molar-refractivity contribution in [2.24, 2.45) is 0 Å². The minimum atomic E-state index is -0.643. The van der Waals surface area contributed by atoms with Crippen LogP contribution in [0.25, 0.3) is 6.08 Å². The number of halogens is 2. The van der Waals surface area contributed by atoms with Gasteiger partial charge in [0.05, 0.1) is 9.93 Å². The Morgan fingerprint density at radius 1 is 1.00 bits per heavy atom. The van der Waals surface area contributed by atoms with Gasteiger partial charge in [0.25, 0.3) is 17.1 Å². The fourth-order valence-electron chi connectivity index (χ4n) is 3.40. The zero-order chi connectivity index (χ0) is 27.2. The number of hydrogen-bond acceptors (Lipinski definition) is 6. The minimum absolute atomic E-state index is 0.107. The highest BCUT2D eigenvalue weighted by atomic mass is 35.5. The lowest BCUT2D eigenvalue weighted by atomic mass is 10.2. The van der Waals surface area contributed by atoms with Crippen LogP contribution in [0.4, 0.5) is 20.6 Å². The van der Waals surface area contributed by atoms with E-state index in [0.29, 0.717) is 23.0 Å². The van der Waals surface area contributed by atoms with Crippen molar-refractivity contribution in [1.82, 2.24) is 4.90 Å². The van der Waals surface area contributed by atoms with E-state index >= 15 is 0 Å². The molecule has 3 aromatic carbocycles. The van der Waals surface area contributed by atoms with Crippen LogP contribution in [-0.4, -0.2) is 41.0 Å². The van der Waals surface area contributed by atoms with Gasteiger partial charge in [-0.3, -0.25) is 24.1 Å². The fourth-order valence-corrected chi connectivity index (χ4v) is 4.48. The van der Waals surface area contributed by atoms with Crippen molar-refractivity contribution in [1.29, 1.82) is 0 Å². The first-order chi connectivity index (χ1) is 18.2. The van der Waals surface area contributed by atoms with Crippen LogP contribution in [0.15, 0.2) is 71.6 Å². The van der Waals surface area contributed by atoms with Gasteiger partial charge in [0.1, 0.15) is 18.1 Å². The molecule has 1 aliphatic heterocycles. The van der Waals surface area contributed by atoms with Crippen molar-refractivity contribution < 1.29 is 28.3 Å². The number of carbonyl (C=O) groups is 4. The summed E-state index contributed by atoms with van der Waals surface area (Å²) in [6, 6.07) is 17.3. The van der Waals surface area contributed by atoms with Gasteiger partial charge >= 0.3 is 0 Å². The summed E-state index contributed by atoms with van der Waals surface area (Å²) in [7, 11) is 0. The van der Waals surface area contributed by atoms with Crippen molar-refractivity contribution in [2.45, 2.75) is 6.92 Å².